The predicted octanol–water partition coefficient (Wildman–Crippen LogP) is 5.43. The van der Waals surface area contributed by atoms with Gasteiger partial charge >= 0.3 is 5.97 Å². The summed E-state index contributed by atoms with van der Waals surface area (Å²) < 4.78 is 5.54. The fourth-order valence-electron chi connectivity index (χ4n) is 3.91. The highest BCUT2D eigenvalue weighted by atomic mass is 16.5. The van der Waals surface area contributed by atoms with Gasteiger partial charge in [0.1, 0.15) is 17.6 Å². The molecule has 1 aromatic carbocycles. The van der Waals surface area contributed by atoms with Gasteiger partial charge in [0, 0.05) is 11.5 Å². The van der Waals surface area contributed by atoms with Crippen LogP contribution in [0.5, 0.6) is 11.5 Å². The van der Waals surface area contributed by atoms with Crippen LogP contribution >= 0.6 is 0 Å². The van der Waals surface area contributed by atoms with Crippen molar-refractivity contribution in [3.05, 3.63) is 47.1 Å². The van der Waals surface area contributed by atoms with Crippen molar-refractivity contribution < 1.29 is 19.7 Å². The number of allylic oxidation sites excluding steroid dienone is 3. The van der Waals surface area contributed by atoms with Crippen molar-refractivity contribution in [3.63, 3.8) is 0 Å². The summed E-state index contributed by atoms with van der Waals surface area (Å²) in [6, 6.07) is 3.64. The molecule has 154 valence electrons. The van der Waals surface area contributed by atoms with Crippen molar-refractivity contribution in [2.24, 2.45) is 5.92 Å². The molecule has 2 N–H and O–H groups in total. The van der Waals surface area contributed by atoms with E-state index in [-0.39, 0.29) is 17.6 Å². The molecule has 4 heteroatoms. The minimum Gasteiger partial charge on any atom is -0.507 e. The highest BCUT2D eigenvalue weighted by Gasteiger charge is 2.31. The van der Waals surface area contributed by atoms with Crippen molar-refractivity contribution >= 4 is 5.97 Å². The van der Waals surface area contributed by atoms with E-state index in [1.54, 1.807) is 6.07 Å². The standard InChI is InChI=1S/C24H34O4/c1-6-7-8-9-18-13-21(26)23(22(14-18)28-24(27)17(5)25)20-12-16(4)10-11-19(20)15(2)3/h12-14,17,19-20,25-26H,2,6-11H2,1,3-5H3. The third-order valence-electron chi connectivity index (χ3n) is 5.51. The molecule has 0 saturated carbocycles. The average molecular weight is 387 g/mol. The maximum absolute atomic E-state index is 12.1. The van der Waals surface area contributed by atoms with E-state index in [0.29, 0.717) is 11.3 Å². The van der Waals surface area contributed by atoms with Crippen LogP contribution in [0.4, 0.5) is 0 Å². The predicted molar refractivity (Wildman–Crippen MR) is 113 cm³/mol. The molecule has 0 saturated heterocycles. The Labute approximate surface area is 168 Å². The van der Waals surface area contributed by atoms with Crippen LogP contribution in [-0.2, 0) is 11.2 Å². The number of aliphatic hydroxyl groups is 1. The van der Waals surface area contributed by atoms with Crippen molar-refractivity contribution in [3.8, 4) is 11.5 Å². The molecule has 0 fully saturated rings. The monoisotopic (exact) mass is 386 g/mol. The molecule has 0 bridgehead atoms. The van der Waals surface area contributed by atoms with Gasteiger partial charge in [0.15, 0.2) is 0 Å². The number of aliphatic hydroxyl groups excluding tert-OH is 1. The molecular weight excluding hydrogens is 352 g/mol. The van der Waals surface area contributed by atoms with E-state index < -0.39 is 12.1 Å². The number of phenolic OH excluding ortho intramolecular Hbond substituents is 1. The number of hydrogen-bond acceptors (Lipinski definition) is 4. The molecule has 0 heterocycles. The number of carbonyl (C=O) groups excluding carboxylic acids is 1. The maximum Gasteiger partial charge on any atom is 0.340 e. The van der Waals surface area contributed by atoms with E-state index in [4.69, 9.17) is 4.74 Å². The first-order valence-electron chi connectivity index (χ1n) is 10.3. The molecule has 0 spiro atoms. The van der Waals surface area contributed by atoms with E-state index in [1.165, 1.54) is 12.5 Å². The Morgan fingerprint density at radius 3 is 2.68 bits per heavy atom. The molecule has 3 unspecified atom stereocenters. The van der Waals surface area contributed by atoms with Gasteiger partial charge in [0.2, 0.25) is 0 Å². The van der Waals surface area contributed by atoms with Crippen molar-refractivity contribution in [1.82, 2.24) is 0 Å². The second-order valence-corrected chi connectivity index (χ2v) is 8.11. The van der Waals surface area contributed by atoms with Crippen LogP contribution in [0.3, 0.4) is 0 Å². The molecule has 1 aliphatic rings. The third-order valence-corrected chi connectivity index (χ3v) is 5.51. The first-order chi connectivity index (χ1) is 13.2. The Balaban J connectivity index is 2.51. The summed E-state index contributed by atoms with van der Waals surface area (Å²) >= 11 is 0. The number of benzene rings is 1. The molecule has 1 aromatic rings. The number of ether oxygens (including phenoxy) is 1. The van der Waals surface area contributed by atoms with Gasteiger partial charge in [-0.2, -0.15) is 0 Å². The lowest BCUT2D eigenvalue weighted by Gasteiger charge is -2.32. The largest absolute Gasteiger partial charge is 0.507 e. The van der Waals surface area contributed by atoms with Crippen LogP contribution in [0.1, 0.15) is 76.8 Å². The number of aromatic hydroxyl groups is 1. The van der Waals surface area contributed by atoms with E-state index in [9.17, 15) is 15.0 Å². The van der Waals surface area contributed by atoms with Crippen molar-refractivity contribution in [2.45, 2.75) is 78.2 Å². The molecule has 0 aromatic heterocycles. The number of unbranched alkanes of at least 4 members (excludes halogenated alkanes) is 2. The molecule has 28 heavy (non-hydrogen) atoms. The lowest BCUT2D eigenvalue weighted by atomic mass is 9.73. The smallest absolute Gasteiger partial charge is 0.340 e. The van der Waals surface area contributed by atoms with E-state index in [0.717, 1.165) is 49.7 Å². The van der Waals surface area contributed by atoms with E-state index >= 15 is 0 Å². The molecule has 3 atom stereocenters. The van der Waals surface area contributed by atoms with E-state index in [2.05, 4.69) is 26.5 Å². The highest BCUT2D eigenvalue weighted by molar-refractivity contribution is 5.77. The highest BCUT2D eigenvalue weighted by Crippen LogP contribution is 2.47. The summed E-state index contributed by atoms with van der Waals surface area (Å²) in [4.78, 5) is 12.1. The number of rotatable bonds is 8. The Bertz CT molecular complexity index is 745. The zero-order chi connectivity index (χ0) is 20.8. The summed E-state index contributed by atoms with van der Waals surface area (Å²) in [7, 11) is 0. The van der Waals surface area contributed by atoms with Crippen LogP contribution in [-0.4, -0.2) is 22.3 Å². The first-order valence-corrected chi connectivity index (χ1v) is 10.3. The van der Waals surface area contributed by atoms with Crippen LogP contribution in [0.2, 0.25) is 0 Å². The molecule has 1 aliphatic carbocycles. The lowest BCUT2D eigenvalue weighted by Crippen LogP contribution is -2.24. The van der Waals surface area contributed by atoms with Gasteiger partial charge in [-0.25, -0.2) is 4.79 Å². The van der Waals surface area contributed by atoms with Crippen LogP contribution in [0, 0.1) is 5.92 Å². The Morgan fingerprint density at radius 2 is 2.07 bits per heavy atom. The van der Waals surface area contributed by atoms with Gasteiger partial charge in [-0.3, -0.25) is 0 Å². The average Bonchev–Trinajstić information content (AvgIpc) is 2.61. The Kier molecular flexibility index (Phi) is 7.88. The van der Waals surface area contributed by atoms with Gasteiger partial charge in [0.05, 0.1) is 0 Å². The van der Waals surface area contributed by atoms with Gasteiger partial charge in [-0.15, -0.1) is 0 Å². The number of aryl methyl sites for hydroxylation is 1. The van der Waals surface area contributed by atoms with Gasteiger partial charge < -0.3 is 14.9 Å². The number of esters is 1. The summed E-state index contributed by atoms with van der Waals surface area (Å²) in [5.41, 5.74) is 3.85. The van der Waals surface area contributed by atoms with Crippen LogP contribution in [0.15, 0.2) is 35.9 Å². The van der Waals surface area contributed by atoms with Crippen molar-refractivity contribution in [1.29, 1.82) is 0 Å². The van der Waals surface area contributed by atoms with Gasteiger partial charge in [0.25, 0.3) is 0 Å². The Hall–Kier alpha value is -2.07. The number of hydrogen-bond donors (Lipinski definition) is 2. The quantitative estimate of drug-likeness (QED) is 0.271. The SMILES string of the molecule is C=C(C)C1CCC(C)=CC1c1c(O)cc(CCCCC)cc1OC(=O)C(C)O. The summed E-state index contributed by atoms with van der Waals surface area (Å²) in [5.74, 6) is -0.156. The first kappa shape index (κ1) is 22.2. The molecule has 4 nitrogen and oxygen atoms in total. The molecule has 2 rings (SSSR count). The third kappa shape index (κ3) is 5.48. The van der Waals surface area contributed by atoms with Crippen LogP contribution in [0.25, 0.3) is 0 Å². The molecule has 0 amide bonds. The Morgan fingerprint density at radius 1 is 1.36 bits per heavy atom. The second-order valence-electron chi connectivity index (χ2n) is 8.11. The second kappa shape index (κ2) is 9.92. The minimum atomic E-state index is -1.22. The fraction of sp³-hybridized carbons (Fsp3) is 0.542. The number of phenols is 1. The minimum absolute atomic E-state index is 0.104. The topological polar surface area (TPSA) is 66.8 Å². The summed E-state index contributed by atoms with van der Waals surface area (Å²) in [5, 5.41) is 20.5. The van der Waals surface area contributed by atoms with Gasteiger partial charge in [-0.1, -0.05) is 43.6 Å². The van der Waals surface area contributed by atoms with Crippen LogP contribution < -0.4 is 4.74 Å². The van der Waals surface area contributed by atoms with Crippen molar-refractivity contribution in [2.75, 3.05) is 0 Å². The molecule has 0 aliphatic heterocycles. The zero-order valence-electron chi connectivity index (χ0n) is 17.6. The summed E-state index contributed by atoms with van der Waals surface area (Å²) in [6.07, 6.45) is 6.90. The number of carbonyl (C=O) groups is 1. The normalized spacial score (nSPS) is 20.4. The zero-order valence-corrected chi connectivity index (χ0v) is 17.6. The fourth-order valence-corrected chi connectivity index (χ4v) is 3.91. The maximum atomic E-state index is 12.1. The molecule has 0 radical (unpaired) electrons. The van der Waals surface area contributed by atoms with E-state index in [1.807, 2.05) is 13.0 Å². The van der Waals surface area contributed by atoms with Gasteiger partial charge in [-0.05, 0) is 70.1 Å². The summed E-state index contributed by atoms with van der Waals surface area (Å²) in [6.45, 7) is 11.8. The molecular formula is C24H34O4. The lowest BCUT2D eigenvalue weighted by molar-refractivity contribution is -0.142.